The van der Waals surface area contributed by atoms with Crippen LogP contribution >= 0.6 is 15.9 Å². The number of rotatable bonds is 1. The lowest BCUT2D eigenvalue weighted by molar-refractivity contribution is 0.467. The normalized spacial score (nSPS) is 10.2. The molecule has 0 aliphatic heterocycles. The van der Waals surface area contributed by atoms with Crippen LogP contribution in [0.5, 0.6) is 11.5 Å². The van der Waals surface area contributed by atoms with Gasteiger partial charge >= 0.3 is 0 Å². The van der Waals surface area contributed by atoms with Gasteiger partial charge < -0.3 is 10.2 Å². The topological polar surface area (TPSA) is 40.5 Å². The first kappa shape index (κ1) is 10.1. The molecular formula is C12H9BrO2. The SMILES string of the molecule is Oc1ccccc1-c1cccc(Br)c1O. The number of hydrogen-bond acceptors (Lipinski definition) is 2. The van der Waals surface area contributed by atoms with Crippen LogP contribution in [0.3, 0.4) is 0 Å². The van der Waals surface area contributed by atoms with E-state index in [0.29, 0.717) is 15.6 Å². The summed E-state index contributed by atoms with van der Waals surface area (Å²) in [5.41, 5.74) is 1.23. The molecule has 2 aromatic rings. The van der Waals surface area contributed by atoms with Gasteiger partial charge in [0.25, 0.3) is 0 Å². The molecule has 2 aromatic carbocycles. The van der Waals surface area contributed by atoms with Gasteiger partial charge in [-0.1, -0.05) is 30.3 Å². The monoisotopic (exact) mass is 264 g/mol. The summed E-state index contributed by atoms with van der Waals surface area (Å²) in [5, 5.41) is 19.5. The third-order valence-corrected chi connectivity index (χ3v) is 2.82. The fraction of sp³-hybridized carbons (Fsp3) is 0. The molecule has 2 N–H and O–H groups in total. The average molecular weight is 265 g/mol. The molecule has 0 radical (unpaired) electrons. The summed E-state index contributed by atoms with van der Waals surface area (Å²) in [6.45, 7) is 0. The van der Waals surface area contributed by atoms with Crippen LogP contribution in [0, 0.1) is 0 Å². The van der Waals surface area contributed by atoms with E-state index in [1.54, 1.807) is 30.3 Å². The summed E-state index contributed by atoms with van der Waals surface area (Å²) >= 11 is 3.24. The van der Waals surface area contributed by atoms with Gasteiger partial charge in [-0.2, -0.15) is 0 Å². The maximum atomic E-state index is 9.82. The van der Waals surface area contributed by atoms with Gasteiger partial charge in [0.1, 0.15) is 11.5 Å². The first-order chi connectivity index (χ1) is 7.20. The van der Waals surface area contributed by atoms with Gasteiger partial charge in [0.2, 0.25) is 0 Å². The van der Waals surface area contributed by atoms with Crippen molar-refractivity contribution in [2.45, 2.75) is 0 Å². The van der Waals surface area contributed by atoms with Gasteiger partial charge in [0, 0.05) is 11.1 Å². The Morgan fingerprint density at radius 2 is 1.47 bits per heavy atom. The highest BCUT2D eigenvalue weighted by Gasteiger charge is 2.09. The van der Waals surface area contributed by atoms with Crippen molar-refractivity contribution >= 4 is 15.9 Å². The van der Waals surface area contributed by atoms with Gasteiger partial charge in [0.15, 0.2) is 0 Å². The third-order valence-electron chi connectivity index (χ3n) is 2.18. The highest BCUT2D eigenvalue weighted by molar-refractivity contribution is 9.10. The van der Waals surface area contributed by atoms with E-state index in [4.69, 9.17) is 0 Å². The van der Waals surface area contributed by atoms with Crippen LogP contribution in [0.1, 0.15) is 0 Å². The van der Waals surface area contributed by atoms with Crippen LogP contribution < -0.4 is 0 Å². The van der Waals surface area contributed by atoms with Crippen LogP contribution in [0.2, 0.25) is 0 Å². The summed E-state index contributed by atoms with van der Waals surface area (Å²) < 4.78 is 0.614. The van der Waals surface area contributed by atoms with Gasteiger partial charge in [-0.3, -0.25) is 0 Å². The molecule has 0 atom stereocenters. The fourth-order valence-corrected chi connectivity index (χ4v) is 1.80. The first-order valence-electron chi connectivity index (χ1n) is 4.46. The number of halogens is 1. The highest BCUT2D eigenvalue weighted by atomic mass is 79.9. The van der Waals surface area contributed by atoms with Crippen molar-refractivity contribution in [3.63, 3.8) is 0 Å². The molecular weight excluding hydrogens is 256 g/mol. The third kappa shape index (κ3) is 1.83. The molecule has 0 aromatic heterocycles. The summed E-state index contributed by atoms with van der Waals surface area (Å²) in [6.07, 6.45) is 0. The summed E-state index contributed by atoms with van der Waals surface area (Å²) in [5.74, 6) is 0.296. The number of phenolic OH excluding ortho intramolecular Hbond substituents is 2. The molecule has 15 heavy (non-hydrogen) atoms. The Hall–Kier alpha value is -1.48. The predicted molar refractivity (Wildman–Crippen MR) is 62.9 cm³/mol. The van der Waals surface area contributed by atoms with Crippen molar-refractivity contribution in [2.75, 3.05) is 0 Å². The average Bonchev–Trinajstić information content (AvgIpc) is 2.23. The molecule has 2 rings (SSSR count). The number of hydrogen-bond donors (Lipinski definition) is 2. The molecule has 0 heterocycles. The molecule has 0 fully saturated rings. The van der Waals surface area contributed by atoms with Crippen molar-refractivity contribution in [2.24, 2.45) is 0 Å². The van der Waals surface area contributed by atoms with Crippen LogP contribution in [-0.2, 0) is 0 Å². The quantitative estimate of drug-likeness (QED) is 0.828. The van der Waals surface area contributed by atoms with Crippen molar-refractivity contribution in [1.29, 1.82) is 0 Å². The Balaban J connectivity index is 2.65. The number of phenols is 2. The zero-order valence-corrected chi connectivity index (χ0v) is 9.40. The molecule has 0 aliphatic carbocycles. The van der Waals surface area contributed by atoms with Gasteiger partial charge in [0.05, 0.1) is 4.47 Å². The van der Waals surface area contributed by atoms with Crippen molar-refractivity contribution < 1.29 is 10.2 Å². The second-order valence-corrected chi connectivity index (χ2v) is 4.01. The van der Waals surface area contributed by atoms with E-state index in [-0.39, 0.29) is 11.5 Å². The Morgan fingerprint density at radius 1 is 0.800 bits per heavy atom. The minimum atomic E-state index is 0.138. The zero-order chi connectivity index (χ0) is 10.8. The predicted octanol–water partition coefficient (Wildman–Crippen LogP) is 3.53. The van der Waals surface area contributed by atoms with E-state index in [0.717, 1.165) is 0 Å². The molecule has 0 spiro atoms. The number of aromatic hydroxyl groups is 2. The van der Waals surface area contributed by atoms with Gasteiger partial charge in [-0.15, -0.1) is 0 Å². The van der Waals surface area contributed by atoms with Crippen molar-refractivity contribution in [3.8, 4) is 22.6 Å². The zero-order valence-electron chi connectivity index (χ0n) is 7.81. The van der Waals surface area contributed by atoms with Gasteiger partial charge in [-0.25, -0.2) is 0 Å². The Bertz CT molecular complexity index is 495. The fourth-order valence-electron chi connectivity index (χ4n) is 1.43. The van der Waals surface area contributed by atoms with E-state index in [9.17, 15) is 10.2 Å². The molecule has 0 amide bonds. The van der Waals surface area contributed by atoms with E-state index < -0.39 is 0 Å². The van der Waals surface area contributed by atoms with Crippen molar-refractivity contribution in [1.82, 2.24) is 0 Å². The molecule has 0 bridgehead atoms. The number of para-hydroxylation sites is 2. The first-order valence-corrected chi connectivity index (χ1v) is 5.25. The second kappa shape index (κ2) is 3.95. The lowest BCUT2D eigenvalue weighted by Gasteiger charge is -2.07. The van der Waals surface area contributed by atoms with Crippen LogP contribution in [0.4, 0.5) is 0 Å². The molecule has 76 valence electrons. The van der Waals surface area contributed by atoms with Crippen LogP contribution in [-0.4, -0.2) is 10.2 Å². The molecule has 2 nitrogen and oxygen atoms in total. The standard InChI is InChI=1S/C12H9BrO2/c13-10-6-3-5-9(12(10)15)8-4-1-2-7-11(8)14/h1-7,14-15H. The number of benzene rings is 2. The largest absolute Gasteiger partial charge is 0.507 e. The lowest BCUT2D eigenvalue weighted by atomic mass is 10.0. The summed E-state index contributed by atoms with van der Waals surface area (Å²) in [7, 11) is 0. The van der Waals surface area contributed by atoms with E-state index >= 15 is 0 Å². The molecule has 0 aliphatic rings. The van der Waals surface area contributed by atoms with Crippen LogP contribution in [0.25, 0.3) is 11.1 Å². The summed E-state index contributed by atoms with van der Waals surface area (Å²) in [4.78, 5) is 0. The minimum Gasteiger partial charge on any atom is -0.507 e. The lowest BCUT2D eigenvalue weighted by Crippen LogP contribution is -1.80. The van der Waals surface area contributed by atoms with Crippen LogP contribution in [0.15, 0.2) is 46.9 Å². The summed E-state index contributed by atoms with van der Waals surface area (Å²) in [6, 6.07) is 12.2. The smallest absolute Gasteiger partial charge is 0.137 e. The minimum absolute atomic E-state index is 0.138. The molecule has 0 saturated carbocycles. The van der Waals surface area contributed by atoms with E-state index in [1.165, 1.54) is 0 Å². The Labute approximate surface area is 95.9 Å². The Morgan fingerprint density at radius 3 is 2.20 bits per heavy atom. The molecule has 0 unspecified atom stereocenters. The maximum Gasteiger partial charge on any atom is 0.137 e. The van der Waals surface area contributed by atoms with E-state index in [2.05, 4.69) is 15.9 Å². The molecule has 3 heteroatoms. The highest BCUT2D eigenvalue weighted by Crippen LogP contribution is 2.38. The van der Waals surface area contributed by atoms with Crippen molar-refractivity contribution in [3.05, 3.63) is 46.9 Å². The second-order valence-electron chi connectivity index (χ2n) is 3.15. The maximum absolute atomic E-state index is 9.82. The Kier molecular flexibility index (Phi) is 2.64. The molecule has 0 saturated heterocycles. The van der Waals surface area contributed by atoms with E-state index in [1.807, 2.05) is 12.1 Å². The van der Waals surface area contributed by atoms with Gasteiger partial charge in [-0.05, 0) is 28.1 Å².